The van der Waals surface area contributed by atoms with E-state index in [1.807, 2.05) is 0 Å². The van der Waals surface area contributed by atoms with Gasteiger partial charge in [0.25, 0.3) is 0 Å². The van der Waals surface area contributed by atoms with Gasteiger partial charge < -0.3 is 10.2 Å². The van der Waals surface area contributed by atoms with E-state index in [1.54, 1.807) is 24.3 Å². The Bertz CT molecular complexity index is 410. The molecule has 2 rings (SSSR count). The van der Waals surface area contributed by atoms with Gasteiger partial charge >= 0.3 is 0 Å². The lowest BCUT2D eigenvalue weighted by molar-refractivity contribution is 0.581. The summed E-state index contributed by atoms with van der Waals surface area (Å²) >= 11 is 5.60. The van der Waals surface area contributed by atoms with Crippen molar-refractivity contribution in [1.82, 2.24) is 10.2 Å². The van der Waals surface area contributed by atoms with Gasteiger partial charge in [0.05, 0.1) is 0 Å². The van der Waals surface area contributed by atoms with Crippen LogP contribution in [0.2, 0.25) is 5.22 Å². The summed E-state index contributed by atoms with van der Waals surface area (Å²) < 4.78 is 5.13. The average molecular weight is 196 g/mol. The quantitative estimate of drug-likeness (QED) is 0.756. The minimum Gasteiger partial charge on any atom is -0.443 e. The first-order chi connectivity index (χ1) is 6.25. The summed E-state index contributed by atoms with van der Waals surface area (Å²) in [7, 11) is 0. The maximum atomic E-state index is 5.60. The molecule has 2 heterocycles. The van der Waals surface area contributed by atoms with E-state index in [9.17, 15) is 0 Å². The molecule has 13 heavy (non-hydrogen) atoms. The molecule has 0 aliphatic rings. The maximum Gasteiger partial charge on any atom is 0.194 e. The summed E-state index contributed by atoms with van der Waals surface area (Å²) in [6.07, 6.45) is 0. The second-order valence-electron chi connectivity index (χ2n) is 2.45. The molecule has 0 fully saturated rings. The normalized spacial score (nSPS) is 10.2. The van der Waals surface area contributed by atoms with Crippen molar-refractivity contribution in [3.8, 4) is 11.5 Å². The van der Waals surface area contributed by atoms with E-state index < -0.39 is 0 Å². The maximum absolute atomic E-state index is 5.60. The molecule has 0 bridgehead atoms. The van der Waals surface area contributed by atoms with E-state index in [2.05, 4.69) is 10.2 Å². The fourth-order valence-corrected chi connectivity index (χ4v) is 1.07. The topological polar surface area (TPSA) is 64.9 Å². The zero-order valence-corrected chi connectivity index (χ0v) is 7.32. The third-order valence-corrected chi connectivity index (χ3v) is 1.71. The fourth-order valence-electron chi connectivity index (χ4n) is 0.926. The molecule has 2 aromatic rings. The molecule has 5 heteroatoms. The Balaban J connectivity index is 2.41. The van der Waals surface area contributed by atoms with Gasteiger partial charge in [-0.1, -0.05) is 0 Å². The lowest BCUT2D eigenvalue weighted by atomic mass is 10.3. The molecule has 66 valence electrons. The molecule has 0 aliphatic heterocycles. The van der Waals surface area contributed by atoms with Gasteiger partial charge in [-0.05, 0) is 35.9 Å². The molecule has 0 saturated heterocycles. The van der Waals surface area contributed by atoms with E-state index >= 15 is 0 Å². The summed E-state index contributed by atoms with van der Waals surface area (Å²) in [6.45, 7) is 0. The lowest BCUT2D eigenvalue weighted by Crippen LogP contribution is -1.92. The number of nitrogen functional groups attached to an aromatic ring is 1. The summed E-state index contributed by atoms with van der Waals surface area (Å²) in [5.74, 6) is 0.957. The molecule has 0 radical (unpaired) electrons. The van der Waals surface area contributed by atoms with Crippen molar-refractivity contribution in [1.29, 1.82) is 0 Å². The van der Waals surface area contributed by atoms with Crippen molar-refractivity contribution in [3.05, 3.63) is 29.5 Å². The van der Waals surface area contributed by atoms with E-state index in [0.717, 1.165) is 0 Å². The van der Waals surface area contributed by atoms with Crippen LogP contribution in [0.4, 0.5) is 5.82 Å². The van der Waals surface area contributed by atoms with Gasteiger partial charge in [-0.2, -0.15) is 0 Å². The zero-order valence-electron chi connectivity index (χ0n) is 6.57. The second-order valence-corrected chi connectivity index (χ2v) is 2.82. The highest BCUT2D eigenvalue weighted by Crippen LogP contribution is 2.22. The van der Waals surface area contributed by atoms with Crippen LogP contribution in [-0.4, -0.2) is 10.2 Å². The molecule has 2 N–H and O–H groups in total. The van der Waals surface area contributed by atoms with Crippen molar-refractivity contribution >= 4 is 17.4 Å². The Morgan fingerprint density at radius 1 is 1.15 bits per heavy atom. The summed E-state index contributed by atoms with van der Waals surface area (Å²) in [5.41, 5.74) is 5.99. The number of anilines is 1. The first-order valence-electron chi connectivity index (χ1n) is 3.60. The third-order valence-electron chi connectivity index (χ3n) is 1.51. The highest BCUT2D eigenvalue weighted by molar-refractivity contribution is 6.28. The molecule has 4 nitrogen and oxygen atoms in total. The summed E-state index contributed by atoms with van der Waals surface area (Å²) in [6, 6.07) is 6.74. The Morgan fingerprint density at radius 3 is 2.54 bits per heavy atom. The Morgan fingerprint density at radius 2 is 2.00 bits per heavy atom. The molecule has 0 unspecified atom stereocenters. The molecular weight excluding hydrogens is 190 g/mol. The number of furan rings is 1. The van der Waals surface area contributed by atoms with Gasteiger partial charge in [-0.25, -0.2) is 0 Å². The first-order valence-corrected chi connectivity index (χ1v) is 3.98. The van der Waals surface area contributed by atoms with E-state index in [-0.39, 0.29) is 0 Å². The Labute approximate surface area is 79.3 Å². The highest BCUT2D eigenvalue weighted by Gasteiger charge is 2.04. The Hall–Kier alpha value is -1.55. The van der Waals surface area contributed by atoms with Crippen LogP contribution >= 0.6 is 11.6 Å². The minimum atomic E-state index is 0.327. The third kappa shape index (κ3) is 1.62. The first kappa shape index (κ1) is 8.07. The van der Waals surface area contributed by atoms with Gasteiger partial charge in [0.15, 0.2) is 11.0 Å². The SMILES string of the molecule is Nc1ccc(-c2ccc(Cl)o2)nn1. The number of rotatable bonds is 1. The van der Waals surface area contributed by atoms with Gasteiger partial charge in [0.2, 0.25) is 0 Å². The van der Waals surface area contributed by atoms with Crippen LogP contribution in [0.1, 0.15) is 0 Å². The van der Waals surface area contributed by atoms with Gasteiger partial charge in [-0.3, -0.25) is 0 Å². The van der Waals surface area contributed by atoms with Gasteiger partial charge in [-0.15, -0.1) is 10.2 Å². The van der Waals surface area contributed by atoms with Crippen LogP contribution < -0.4 is 5.73 Å². The smallest absolute Gasteiger partial charge is 0.194 e. The molecule has 0 atom stereocenters. The summed E-state index contributed by atoms with van der Waals surface area (Å²) in [4.78, 5) is 0. The van der Waals surface area contributed by atoms with Crippen LogP contribution in [0, 0.1) is 0 Å². The molecule has 0 saturated carbocycles. The van der Waals surface area contributed by atoms with Gasteiger partial charge in [0, 0.05) is 0 Å². The number of nitrogens with zero attached hydrogens (tertiary/aromatic N) is 2. The standard InChI is InChI=1S/C8H6ClN3O/c9-7-3-2-6(13-7)5-1-4-8(10)12-11-5/h1-4H,(H2,10,12). The van der Waals surface area contributed by atoms with Crippen molar-refractivity contribution < 1.29 is 4.42 Å². The predicted molar refractivity (Wildman–Crippen MR) is 49.2 cm³/mol. The zero-order chi connectivity index (χ0) is 9.26. The second kappa shape index (κ2) is 3.06. The van der Waals surface area contributed by atoms with E-state index in [0.29, 0.717) is 22.5 Å². The van der Waals surface area contributed by atoms with Crippen LogP contribution in [0.25, 0.3) is 11.5 Å². The minimum absolute atomic E-state index is 0.327. The number of hydrogen-bond acceptors (Lipinski definition) is 4. The average Bonchev–Trinajstić information content (AvgIpc) is 2.53. The predicted octanol–water partition coefficient (Wildman–Crippen LogP) is 1.97. The number of nitrogens with two attached hydrogens (primary N) is 1. The summed E-state index contributed by atoms with van der Waals surface area (Å²) in [5, 5.41) is 7.85. The number of aromatic nitrogens is 2. The van der Waals surface area contributed by atoms with Crippen LogP contribution in [0.5, 0.6) is 0 Å². The van der Waals surface area contributed by atoms with E-state index in [1.165, 1.54) is 0 Å². The van der Waals surface area contributed by atoms with Crippen molar-refractivity contribution in [3.63, 3.8) is 0 Å². The Kier molecular flexibility index (Phi) is 1.90. The molecule has 2 aromatic heterocycles. The largest absolute Gasteiger partial charge is 0.443 e. The fraction of sp³-hybridized carbons (Fsp3) is 0. The monoisotopic (exact) mass is 195 g/mol. The lowest BCUT2D eigenvalue weighted by Gasteiger charge is -1.94. The number of halogens is 1. The van der Waals surface area contributed by atoms with Crippen LogP contribution in [0.15, 0.2) is 28.7 Å². The van der Waals surface area contributed by atoms with Crippen molar-refractivity contribution in [2.75, 3.05) is 5.73 Å². The molecular formula is C8H6ClN3O. The molecule has 0 aromatic carbocycles. The number of hydrogen-bond donors (Lipinski definition) is 1. The molecule has 0 aliphatic carbocycles. The van der Waals surface area contributed by atoms with Crippen LogP contribution in [0.3, 0.4) is 0 Å². The van der Waals surface area contributed by atoms with Crippen molar-refractivity contribution in [2.45, 2.75) is 0 Å². The van der Waals surface area contributed by atoms with Crippen molar-refractivity contribution in [2.24, 2.45) is 0 Å². The molecule has 0 spiro atoms. The highest BCUT2D eigenvalue weighted by atomic mass is 35.5. The van der Waals surface area contributed by atoms with Gasteiger partial charge in [0.1, 0.15) is 11.5 Å². The molecule has 0 amide bonds. The van der Waals surface area contributed by atoms with E-state index in [4.69, 9.17) is 21.8 Å². The van der Waals surface area contributed by atoms with Crippen LogP contribution in [-0.2, 0) is 0 Å².